The lowest BCUT2D eigenvalue weighted by molar-refractivity contribution is -0.147. The van der Waals surface area contributed by atoms with E-state index in [9.17, 15) is 22.8 Å². The van der Waals surface area contributed by atoms with Crippen LogP contribution in [0.1, 0.15) is 72.0 Å². The molecule has 1 atom stereocenters. The molecule has 222 valence electrons. The number of nitrogens with zero attached hydrogens (tertiary/aromatic N) is 3. The molecule has 10 heteroatoms. The van der Waals surface area contributed by atoms with E-state index in [1.54, 1.807) is 24.4 Å². The van der Waals surface area contributed by atoms with Crippen LogP contribution in [0.25, 0.3) is 5.65 Å². The van der Waals surface area contributed by atoms with E-state index in [1.165, 1.54) is 6.07 Å². The molecule has 42 heavy (non-hydrogen) atoms. The first kappa shape index (κ1) is 30.7. The van der Waals surface area contributed by atoms with E-state index in [1.807, 2.05) is 37.3 Å². The third kappa shape index (κ3) is 7.54. The number of rotatable bonds is 14. The maximum atomic E-state index is 14.1. The summed E-state index contributed by atoms with van der Waals surface area (Å²) in [7, 11) is 0. The van der Waals surface area contributed by atoms with Gasteiger partial charge < -0.3 is 9.47 Å². The van der Waals surface area contributed by atoms with Gasteiger partial charge >= 0.3 is 5.97 Å². The molecule has 4 aromatic rings. The first-order valence-electron chi connectivity index (χ1n) is 13.8. The summed E-state index contributed by atoms with van der Waals surface area (Å²) in [5.41, 5.74) is 1.46. The van der Waals surface area contributed by atoms with Crippen molar-refractivity contribution in [2.24, 2.45) is 5.41 Å². The highest BCUT2D eigenvalue weighted by molar-refractivity contribution is 5.96. The SMILES string of the molecule is Cc1cn2c(C(=O)CCC(C)(CCCF)CC(=O)OCc3ccccc3)c(C)nc2c(OCc2c(F)cccc2F)n1. The van der Waals surface area contributed by atoms with E-state index < -0.39 is 36.3 Å². The molecule has 0 aliphatic carbocycles. The fourth-order valence-corrected chi connectivity index (χ4v) is 4.96. The predicted octanol–water partition coefficient (Wildman–Crippen LogP) is 7.06. The summed E-state index contributed by atoms with van der Waals surface area (Å²) in [6.07, 6.45) is 2.78. The fourth-order valence-electron chi connectivity index (χ4n) is 4.96. The molecule has 0 aliphatic heterocycles. The molecule has 2 heterocycles. The smallest absolute Gasteiger partial charge is 0.306 e. The summed E-state index contributed by atoms with van der Waals surface area (Å²) < 4.78 is 54.1. The molecule has 0 fully saturated rings. The van der Waals surface area contributed by atoms with Crippen molar-refractivity contribution in [2.45, 2.75) is 66.1 Å². The van der Waals surface area contributed by atoms with Gasteiger partial charge in [-0.1, -0.05) is 43.3 Å². The Bertz CT molecular complexity index is 1540. The Labute approximate surface area is 242 Å². The number of Topliss-reactive ketones (excluding diaryl/α,β-unsaturated/α-hetero) is 1. The second kappa shape index (κ2) is 13.6. The van der Waals surface area contributed by atoms with E-state index in [-0.39, 0.29) is 48.7 Å². The lowest BCUT2D eigenvalue weighted by Crippen LogP contribution is -2.24. The van der Waals surface area contributed by atoms with E-state index in [2.05, 4.69) is 9.97 Å². The average molecular weight is 582 g/mol. The lowest BCUT2D eigenvalue weighted by Gasteiger charge is -2.28. The van der Waals surface area contributed by atoms with Crippen LogP contribution in [0.3, 0.4) is 0 Å². The summed E-state index contributed by atoms with van der Waals surface area (Å²) >= 11 is 0. The summed E-state index contributed by atoms with van der Waals surface area (Å²) in [4.78, 5) is 35.0. The minimum atomic E-state index is -0.742. The van der Waals surface area contributed by atoms with Crippen LogP contribution in [0.5, 0.6) is 5.88 Å². The molecule has 0 amide bonds. The van der Waals surface area contributed by atoms with Crippen LogP contribution in [0.15, 0.2) is 54.7 Å². The van der Waals surface area contributed by atoms with Crippen LogP contribution >= 0.6 is 0 Å². The highest BCUT2D eigenvalue weighted by Crippen LogP contribution is 2.35. The van der Waals surface area contributed by atoms with Gasteiger partial charge in [-0.25, -0.2) is 18.7 Å². The molecule has 2 aromatic heterocycles. The number of benzene rings is 2. The van der Waals surface area contributed by atoms with Gasteiger partial charge in [0.2, 0.25) is 5.65 Å². The summed E-state index contributed by atoms with van der Waals surface area (Å²) in [6, 6.07) is 12.9. The van der Waals surface area contributed by atoms with Crippen molar-refractivity contribution in [3.05, 3.63) is 94.6 Å². The minimum absolute atomic E-state index is 0.0359. The number of aryl methyl sites for hydroxylation is 2. The molecule has 0 spiro atoms. The van der Waals surface area contributed by atoms with Crippen LogP contribution in [0.4, 0.5) is 13.2 Å². The van der Waals surface area contributed by atoms with E-state index in [4.69, 9.17) is 9.47 Å². The molecular formula is C32H34F3N3O4. The van der Waals surface area contributed by atoms with Gasteiger partial charge in [-0.2, -0.15) is 0 Å². The number of ether oxygens (including phenoxy) is 2. The molecular weight excluding hydrogens is 547 g/mol. The number of imidazole rings is 1. The highest BCUT2D eigenvalue weighted by atomic mass is 19.1. The topological polar surface area (TPSA) is 82.8 Å². The zero-order valence-corrected chi connectivity index (χ0v) is 24.0. The summed E-state index contributed by atoms with van der Waals surface area (Å²) in [5.74, 6) is -2.08. The van der Waals surface area contributed by atoms with Gasteiger partial charge in [-0.15, -0.1) is 0 Å². The molecule has 0 bridgehead atoms. The standard InChI is InChI=1S/C32H34F3N3O4/c1-21-18-38-29(22(2)37-30(38)31(36-21)42-20-24-25(34)11-7-12-26(24)35)27(39)13-15-32(3,14-8-16-33)17-28(40)41-19-23-9-5-4-6-10-23/h4-7,9-12,18H,8,13-17,19-20H2,1-3H3. The quantitative estimate of drug-likeness (QED) is 0.117. The number of ketones is 1. The number of hydrogen-bond acceptors (Lipinski definition) is 6. The Morgan fingerprint density at radius 3 is 2.36 bits per heavy atom. The van der Waals surface area contributed by atoms with Crippen molar-refractivity contribution in [1.29, 1.82) is 0 Å². The molecule has 0 saturated heterocycles. The monoisotopic (exact) mass is 581 g/mol. The number of fused-ring (bicyclic) bond motifs is 1. The number of aromatic nitrogens is 3. The Morgan fingerprint density at radius 1 is 0.952 bits per heavy atom. The van der Waals surface area contributed by atoms with Gasteiger partial charge in [0.1, 0.15) is 30.5 Å². The Hall–Kier alpha value is -4.21. The van der Waals surface area contributed by atoms with Crippen LogP contribution in [0.2, 0.25) is 0 Å². The number of esters is 1. The first-order valence-corrected chi connectivity index (χ1v) is 13.8. The molecule has 0 radical (unpaired) electrons. The number of halogens is 3. The Kier molecular flexibility index (Phi) is 9.98. The first-order chi connectivity index (χ1) is 20.1. The normalized spacial score (nSPS) is 12.7. The largest absolute Gasteiger partial charge is 0.470 e. The number of carbonyl (C=O) groups excluding carboxylic acids is 2. The van der Waals surface area contributed by atoms with Crippen molar-refractivity contribution in [1.82, 2.24) is 14.4 Å². The van der Waals surface area contributed by atoms with E-state index in [0.29, 0.717) is 29.9 Å². The summed E-state index contributed by atoms with van der Waals surface area (Å²) in [5, 5.41) is 0. The average Bonchev–Trinajstić information content (AvgIpc) is 3.29. The molecule has 4 rings (SSSR count). The fraction of sp³-hybridized carbons (Fsp3) is 0.375. The second-order valence-corrected chi connectivity index (χ2v) is 10.8. The minimum Gasteiger partial charge on any atom is -0.470 e. The van der Waals surface area contributed by atoms with Crippen molar-refractivity contribution in [3.63, 3.8) is 0 Å². The molecule has 0 saturated carbocycles. The second-order valence-electron chi connectivity index (χ2n) is 10.8. The maximum Gasteiger partial charge on any atom is 0.306 e. The third-order valence-electron chi connectivity index (χ3n) is 7.23. The van der Waals surface area contributed by atoms with Gasteiger partial charge in [0.25, 0.3) is 5.88 Å². The van der Waals surface area contributed by atoms with Gasteiger partial charge in [0.15, 0.2) is 5.78 Å². The molecule has 0 aliphatic rings. The maximum absolute atomic E-state index is 14.1. The van der Waals surface area contributed by atoms with Gasteiger partial charge in [0, 0.05) is 12.6 Å². The Balaban J connectivity index is 1.49. The Morgan fingerprint density at radius 2 is 1.67 bits per heavy atom. The third-order valence-corrected chi connectivity index (χ3v) is 7.23. The van der Waals surface area contributed by atoms with Crippen LogP contribution in [-0.2, 0) is 22.7 Å². The predicted molar refractivity (Wildman–Crippen MR) is 151 cm³/mol. The van der Waals surface area contributed by atoms with Crippen molar-refractivity contribution in [3.8, 4) is 5.88 Å². The molecule has 0 N–H and O–H groups in total. The van der Waals surface area contributed by atoms with E-state index in [0.717, 1.165) is 17.7 Å². The number of hydrogen-bond donors (Lipinski definition) is 0. The van der Waals surface area contributed by atoms with Crippen molar-refractivity contribution < 1.29 is 32.2 Å². The zero-order chi connectivity index (χ0) is 30.3. The summed E-state index contributed by atoms with van der Waals surface area (Å²) in [6.45, 7) is 4.45. The van der Waals surface area contributed by atoms with Crippen LogP contribution in [0, 0.1) is 30.9 Å². The number of carbonyl (C=O) groups is 2. The van der Waals surface area contributed by atoms with Gasteiger partial charge in [0.05, 0.1) is 30.0 Å². The molecule has 7 nitrogen and oxygen atoms in total. The zero-order valence-electron chi connectivity index (χ0n) is 24.0. The molecule has 1 unspecified atom stereocenters. The van der Waals surface area contributed by atoms with Crippen LogP contribution < -0.4 is 4.74 Å². The van der Waals surface area contributed by atoms with Crippen molar-refractivity contribution >= 4 is 17.4 Å². The lowest BCUT2D eigenvalue weighted by atomic mass is 9.77. The van der Waals surface area contributed by atoms with Crippen molar-refractivity contribution in [2.75, 3.05) is 6.67 Å². The van der Waals surface area contributed by atoms with E-state index >= 15 is 0 Å². The van der Waals surface area contributed by atoms with Gasteiger partial charge in [-0.05, 0) is 56.2 Å². The van der Waals surface area contributed by atoms with Gasteiger partial charge in [-0.3, -0.25) is 18.4 Å². The number of alkyl halides is 1. The van der Waals surface area contributed by atoms with Crippen LogP contribution in [-0.4, -0.2) is 32.8 Å². The highest BCUT2D eigenvalue weighted by Gasteiger charge is 2.30. The molecule has 2 aromatic carbocycles.